The summed E-state index contributed by atoms with van der Waals surface area (Å²) in [5, 5.41) is 7.31. The summed E-state index contributed by atoms with van der Waals surface area (Å²) in [6.45, 7) is 12.9. The SMILES string of the molecule is Cc1ccc(NC(=O)COC(=O)CCc2c(C)nn(CC(C)C)c2C)cc1C. The number of nitrogens with zero attached hydrogens (tertiary/aromatic N) is 2. The average molecular weight is 386 g/mol. The molecule has 6 heteroatoms. The quantitative estimate of drug-likeness (QED) is 0.700. The number of aromatic nitrogens is 2. The molecule has 0 aliphatic carbocycles. The van der Waals surface area contributed by atoms with Crippen LogP contribution >= 0.6 is 0 Å². The number of rotatable bonds is 8. The fourth-order valence-electron chi connectivity index (χ4n) is 3.08. The Kier molecular flexibility index (Phi) is 7.38. The van der Waals surface area contributed by atoms with Crippen molar-refractivity contribution in [1.29, 1.82) is 0 Å². The normalized spacial score (nSPS) is 11.0. The van der Waals surface area contributed by atoms with Crippen molar-refractivity contribution in [3.05, 3.63) is 46.3 Å². The van der Waals surface area contributed by atoms with E-state index < -0.39 is 0 Å². The van der Waals surface area contributed by atoms with E-state index in [0.717, 1.165) is 34.6 Å². The minimum Gasteiger partial charge on any atom is -0.456 e. The first-order valence-corrected chi connectivity index (χ1v) is 9.73. The second kappa shape index (κ2) is 9.53. The summed E-state index contributed by atoms with van der Waals surface area (Å²) in [7, 11) is 0. The average Bonchev–Trinajstić information content (AvgIpc) is 2.87. The molecule has 1 aromatic heterocycles. The van der Waals surface area contributed by atoms with Crippen molar-refractivity contribution in [2.24, 2.45) is 5.92 Å². The lowest BCUT2D eigenvalue weighted by atomic mass is 10.1. The topological polar surface area (TPSA) is 73.2 Å². The maximum atomic E-state index is 12.0. The molecule has 6 nitrogen and oxygen atoms in total. The predicted octanol–water partition coefficient (Wildman–Crippen LogP) is 3.89. The summed E-state index contributed by atoms with van der Waals surface area (Å²) in [6, 6.07) is 5.68. The Hall–Kier alpha value is -2.63. The number of hydrogen-bond acceptors (Lipinski definition) is 4. The maximum Gasteiger partial charge on any atom is 0.306 e. The summed E-state index contributed by atoms with van der Waals surface area (Å²) in [4.78, 5) is 24.0. The van der Waals surface area contributed by atoms with Crippen molar-refractivity contribution < 1.29 is 14.3 Å². The number of carbonyl (C=O) groups excluding carboxylic acids is 2. The molecule has 1 N–H and O–H groups in total. The Morgan fingerprint density at radius 3 is 2.50 bits per heavy atom. The molecule has 0 spiro atoms. The largest absolute Gasteiger partial charge is 0.456 e. The third-order valence-corrected chi connectivity index (χ3v) is 4.80. The van der Waals surface area contributed by atoms with Crippen molar-refractivity contribution >= 4 is 17.6 Å². The van der Waals surface area contributed by atoms with Gasteiger partial charge in [-0.25, -0.2) is 0 Å². The number of ether oxygens (including phenoxy) is 1. The van der Waals surface area contributed by atoms with E-state index in [-0.39, 0.29) is 24.9 Å². The zero-order chi connectivity index (χ0) is 20.8. The first-order valence-electron chi connectivity index (χ1n) is 9.73. The van der Waals surface area contributed by atoms with Crippen LogP contribution in [0.3, 0.4) is 0 Å². The van der Waals surface area contributed by atoms with E-state index in [9.17, 15) is 9.59 Å². The van der Waals surface area contributed by atoms with Crippen LogP contribution in [-0.4, -0.2) is 28.3 Å². The van der Waals surface area contributed by atoms with Crippen molar-refractivity contribution in [3.63, 3.8) is 0 Å². The highest BCUT2D eigenvalue weighted by Gasteiger charge is 2.15. The minimum absolute atomic E-state index is 0.228. The molecule has 2 aromatic rings. The summed E-state index contributed by atoms with van der Waals surface area (Å²) >= 11 is 0. The molecule has 0 saturated heterocycles. The lowest BCUT2D eigenvalue weighted by molar-refractivity contribution is -0.147. The molecular formula is C22H31N3O3. The molecule has 28 heavy (non-hydrogen) atoms. The predicted molar refractivity (Wildman–Crippen MR) is 110 cm³/mol. The van der Waals surface area contributed by atoms with Crippen LogP contribution in [-0.2, 0) is 27.3 Å². The molecule has 0 fully saturated rings. The van der Waals surface area contributed by atoms with Crippen molar-refractivity contribution in [2.75, 3.05) is 11.9 Å². The number of amides is 1. The molecule has 2 rings (SSSR count). The van der Waals surface area contributed by atoms with Crippen LogP contribution < -0.4 is 5.32 Å². The highest BCUT2D eigenvalue weighted by atomic mass is 16.5. The number of esters is 1. The van der Waals surface area contributed by atoms with Gasteiger partial charge < -0.3 is 10.1 Å². The zero-order valence-corrected chi connectivity index (χ0v) is 17.8. The number of anilines is 1. The van der Waals surface area contributed by atoms with Crippen molar-refractivity contribution in [2.45, 2.75) is 60.9 Å². The Morgan fingerprint density at radius 1 is 1.14 bits per heavy atom. The maximum absolute atomic E-state index is 12.0. The van der Waals surface area contributed by atoms with Crippen LogP contribution in [0.25, 0.3) is 0 Å². The first-order chi connectivity index (χ1) is 13.2. The lowest BCUT2D eigenvalue weighted by Crippen LogP contribution is -2.21. The number of carbonyl (C=O) groups is 2. The van der Waals surface area contributed by atoms with Gasteiger partial charge in [0, 0.05) is 24.3 Å². The van der Waals surface area contributed by atoms with Gasteiger partial charge in [-0.15, -0.1) is 0 Å². The molecule has 0 atom stereocenters. The van der Waals surface area contributed by atoms with E-state index in [2.05, 4.69) is 24.3 Å². The fourth-order valence-corrected chi connectivity index (χ4v) is 3.08. The third-order valence-electron chi connectivity index (χ3n) is 4.80. The molecule has 0 radical (unpaired) electrons. The highest BCUT2D eigenvalue weighted by molar-refractivity contribution is 5.92. The summed E-state index contributed by atoms with van der Waals surface area (Å²) in [5.74, 6) is -0.217. The number of hydrogen-bond donors (Lipinski definition) is 1. The van der Waals surface area contributed by atoms with Gasteiger partial charge in [-0.1, -0.05) is 19.9 Å². The van der Waals surface area contributed by atoms with E-state index in [1.54, 1.807) is 0 Å². The Morgan fingerprint density at radius 2 is 1.86 bits per heavy atom. The molecule has 0 saturated carbocycles. The van der Waals surface area contributed by atoms with Gasteiger partial charge in [0.25, 0.3) is 5.91 Å². The number of nitrogens with one attached hydrogen (secondary N) is 1. The van der Waals surface area contributed by atoms with Gasteiger partial charge in [-0.05, 0) is 68.9 Å². The summed E-state index contributed by atoms with van der Waals surface area (Å²) < 4.78 is 7.12. The molecule has 1 aromatic carbocycles. The van der Waals surface area contributed by atoms with Crippen LogP contribution in [0.1, 0.15) is 48.3 Å². The van der Waals surface area contributed by atoms with Gasteiger partial charge in [0.05, 0.1) is 5.69 Å². The van der Waals surface area contributed by atoms with Gasteiger partial charge in [-0.3, -0.25) is 14.3 Å². The molecular weight excluding hydrogens is 354 g/mol. The first kappa shape index (κ1) is 21.7. The monoisotopic (exact) mass is 385 g/mol. The molecule has 152 valence electrons. The Labute approximate surface area is 167 Å². The van der Waals surface area contributed by atoms with Crippen LogP contribution in [0.4, 0.5) is 5.69 Å². The zero-order valence-electron chi connectivity index (χ0n) is 17.8. The van der Waals surface area contributed by atoms with E-state index in [1.807, 2.05) is 50.6 Å². The van der Waals surface area contributed by atoms with Crippen LogP contribution in [0.2, 0.25) is 0 Å². The smallest absolute Gasteiger partial charge is 0.306 e. The van der Waals surface area contributed by atoms with Crippen LogP contribution in [0, 0.1) is 33.6 Å². The van der Waals surface area contributed by atoms with E-state index in [1.165, 1.54) is 0 Å². The standard InChI is InChI=1S/C22H31N3O3/c1-14(2)12-25-18(6)20(17(5)24-25)9-10-22(27)28-13-21(26)23-19-8-7-15(3)16(4)11-19/h7-8,11,14H,9-10,12-13H2,1-6H3,(H,23,26). The second-order valence-corrected chi connectivity index (χ2v) is 7.73. The lowest BCUT2D eigenvalue weighted by Gasteiger charge is -2.09. The van der Waals surface area contributed by atoms with Crippen LogP contribution in [0.5, 0.6) is 0 Å². The van der Waals surface area contributed by atoms with Crippen molar-refractivity contribution in [1.82, 2.24) is 9.78 Å². The molecule has 1 heterocycles. The minimum atomic E-state index is -0.384. The molecule has 0 aliphatic heterocycles. The summed E-state index contributed by atoms with van der Waals surface area (Å²) in [5.41, 5.74) is 6.07. The number of benzene rings is 1. The Bertz CT molecular complexity index is 853. The van der Waals surface area contributed by atoms with Gasteiger partial charge in [0.1, 0.15) is 0 Å². The van der Waals surface area contributed by atoms with Crippen molar-refractivity contribution in [3.8, 4) is 0 Å². The second-order valence-electron chi connectivity index (χ2n) is 7.73. The fraction of sp³-hybridized carbons (Fsp3) is 0.500. The number of aryl methyl sites for hydroxylation is 3. The van der Waals surface area contributed by atoms with Gasteiger partial charge in [0.15, 0.2) is 6.61 Å². The van der Waals surface area contributed by atoms with Gasteiger partial charge in [0.2, 0.25) is 0 Å². The molecule has 1 amide bonds. The van der Waals surface area contributed by atoms with Gasteiger partial charge in [-0.2, -0.15) is 5.10 Å². The molecule has 0 bridgehead atoms. The highest BCUT2D eigenvalue weighted by Crippen LogP contribution is 2.17. The third kappa shape index (κ3) is 5.94. The molecule has 0 aliphatic rings. The van der Waals surface area contributed by atoms with E-state index in [0.29, 0.717) is 18.0 Å². The van der Waals surface area contributed by atoms with E-state index >= 15 is 0 Å². The summed E-state index contributed by atoms with van der Waals surface area (Å²) in [6.07, 6.45) is 0.791. The Balaban J connectivity index is 1.82. The van der Waals surface area contributed by atoms with E-state index in [4.69, 9.17) is 4.74 Å². The van der Waals surface area contributed by atoms with Crippen LogP contribution in [0.15, 0.2) is 18.2 Å². The molecule has 0 unspecified atom stereocenters. The van der Waals surface area contributed by atoms with Gasteiger partial charge >= 0.3 is 5.97 Å².